The summed E-state index contributed by atoms with van der Waals surface area (Å²) in [6.45, 7) is 20.9. The van der Waals surface area contributed by atoms with E-state index in [9.17, 15) is 0 Å². The number of ether oxygens (including phenoxy) is 12. The summed E-state index contributed by atoms with van der Waals surface area (Å²) >= 11 is 0. The average Bonchev–Trinajstić information content (AvgIpc) is 3.20. The number of rotatable bonds is 40. The number of hydrogen-bond donors (Lipinski definition) is 6. The molecule has 6 N–H and O–H groups in total. The summed E-state index contributed by atoms with van der Waals surface area (Å²) in [5, 5.41) is 53.7. The van der Waals surface area contributed by atoms with Gasteiger partial charge >= 0.3 is 0 Å². The molecule has 83 heavy (non-hydrogen) atoms. The average molecular weight is 1280 g/mol. The van der Waals surface area contributed by atoms with Crippen LogP contribution in [0.3, 0.4) is 0 Å². The third-order valence-corrected chi connectivity index (χ3v) is 6.37. The molecule has 0 radical (unpaired) electrons. The van der Waals surface area contributed by atoms with Crippen LogP contribution in [0, 0.1) is 0 Å². The molecular weight excluding hydrogens is 1090 g/mol. The predicted octanol–water partition coefficient (Wildman–Crippen LogP) is 15.9. The first-order valence-corrected chi connectivity index (χ1v) is 21.0. The Balaban J connectivity index is -0.0000000204. The predicted molar refractivity (Wildman–Crippen MR) is 387 cm³/mol. The van der Waals surface area contributed by atoms with Crippen LogP contribution >= 0.6 is 9.47 Å². The van der Waals surface area contributed by atoms with Crippen LogP contribution in [-0.2, 0) is 61.4 Å². The van der Waals surface area contributed by atoms with Crippen LogP contribution in [-0.4, -0.2) is 232 Å². The van der Waals surface area contributed by atoms with Gasteiger partial charge in [0.25, 0.3) is 0 Å². The van der Waals surface area contributed by atoms with Crippen molar-refractivity contribution < 1.29 is 92.0 Å². The maximum Gasteiger partial charge on any atom is 0.104 e. The van der Waals surface area contributed by atoms with Gasteiger partial charge in [0.05, 0.1) is 182 Å². The highest BCUT2D eigenvalue weighted by atomic mass is 31.0. The summed E-state index contributed by atoms with van der Waals surface area (Å²) in [7, 11) is 3.67. The zero-order chi connectivity index (χ0) is 45.4. The van der Waals surface area contributed by atoms with Gasteiger partial charge < -0.3 is 92.0 Å². The molecule has 0 bridgehead atoms. The Morgan fingerprint density at radius 1 is 0.265 bits per heavy atom. The van der Waals surface area contributed by atoms with Gasteiger partial charge in [0.1, 0.15) is 12.2 Å². The van der Waals surface area contributed by atoms with Crippen molar-refractivity contribution in [1.29, 1.82) is 0 Å². The molecule has 19 nitrogen and oxygen atoms in total. The van der Waals surface area contributed by atoms with Crippen molar-refractivity contribution in [3.63, 3.8) is 0 Å². The van der Waals surface area contributed by atoms with E-state index in [1.54, 1.807) is 27.9 Å². The quantitative estimate of drug-likeness (QED) is 0.0247. The Hall–Kier alpha value is -0.330. The first-order chi connectivity index (χ1) is 28.4. The fourth-order valence-corrected chi connectivity index (χ4v) is 3.90. The molecule has 0 amide bonds. The van der Waals surface area contributed by atoms with Crippen molar-refractivity contribution in [2.24, 2.45) is 0 Å². The first kappa shape index (κ1) is 184. The van der Waals surface area contributed by atoms with Crippen LogP contribution in [0.15, 0.2) is 0 Å². The van der Waals surface area contributed by atoms with Gasteiger partial charge in [0.2, 0.25) is 0 Å². The Labute approximate surface area is 534 Å². The third kappa shape index (κ3) is 173. The third-order valence-electron chi connectivity index (χ3n) is 6.37. The van der Waals surface area contributed by atoms with Crippen molar-refractivity contribution in [2.45, 2.75) is 282 Å². The van der Waals surface area contributed by atoms with Gasteiger partial charge in [-0.25, -0.2) is 0 Å². The molecule has 7 atom stereocenters. The summed E-state index contributed by atoms with van der Waals surface area (Å²) in [4.78, 5) is 0. The molecule has 0 aliphatic heterocycles. The molecule has 0 fully saturated rings. The van der Waals surface area contributed by atoms with E-state index in [4.69, 9.17) is 87.5 Å². The van der Waals surface area contributed by atoms with E-state index in [0.29, 0.717) is 85.9 Å². The maximum absolute atomic E-state index is 9.14. The van der Waals surface area contributed by atoms with Gasteiger partial charge in [-0.2, -0.15) is 0 Å². The van der Waals surface area contributed by atoms with Gasteiger partial charge in [0, 0.05) is 7.11 Å². The molecule has 0 rings (SSSR count). The van der Waals surface area contributed by atoms with Crippen LogP contribution in [0.4, 0.5) is 0 Å². The molecule has 554 valence electrons. The lowest BCUT2D eigenvalue weighted by atomic mass is 10.3. The van der Waals surface area contributed by atoms with Crippen LogP contribution in [0.2, 0.25) is 0 Å². The highest BCUT2D eigenvalue weighted by molar-refractivity contribution is 7.09. The lowest BCUT2D eigenvalue weighted by molar-refractivity contribution is -0.110. The molecule has 0 aliphatic carbocycles. The molecule has 0 aromatic heterocycles. The highest BCUT2D eigenvalue weighted by Crippen LogP contribution is 2.03. The van der Waals surface area contributed by atoms with Crippen molar-refractivity contribution in [2.75, 3.05) is 152 Å². The second-order valence-electron chi connectivity index (χ2n) is 12.9. The second-order valence-corrected chi connectivity index (χ2v) is 13.4. The highest BCUT2D eigenvalue weighted by Gasteiger charge is 2.15. The molecule has 0 aliphatic rings. The number of aliphatic hydroxyl groups is 6. The summed E-state index contributed by atoms with van der Waals surface area (Å²) in [5.41, 5.74) is 0. The van der Waals surface area contributed by atoms with Crippen molar-refractivity contribution in [3.05, 3.63) is 0 Å². The van der Waals surface area contributed by atoms with Crippen molar-refractivity contribution in [1.82, 2.24) is 0 Å². The van der Waals surface area contributed by atoms with E-state index >= 15 is 0 Å². The summed E-state index contributed by atoms with van der Waals surface area (Å²) in [5.74, 6) is 0. The zero-order valence-corrected chi connectivity index (χ0v) is 38.9. The smallest absolute Gasteiger partial charge is 0.104 e. The largest absolute Gasteiger partial charge is 0.394 e. The van der Waals surface area contributed by atoms with E-state index in [-0.39, 0.29) is 268 Å². The summed E-state index contributed by atoms with van der Waals surface area (Å²) < 4.78 is 69.8. The van der Waals surface area contributed by atoms with E-state index in [0.717, 1.165) is 0 Å². The Morgan fingerprint density at radius 2 is 0.458 bits per heavy atom. The molecule has 0 aromatic rings. The molecule has 0 spiro atoms. The maximum atomic E-state index is 9.14. The summed E-state index contributed by atoms with van der Waals surface area (Å²) in [6.07, 6.45) is -2.46. The van der Waals surface area contributed by atoms with Crippen LogP contribution in [0.1, 0.15) is 234 Å². The molecular formula is C63H183O19P. The van der Waals surface area contributed by atoms with E-state index in [1.807, 2.05) is 34.6 Å². The topological polar surface area (TPSA) is 241 Å². The monoisotopic (exact) mass is 1280 g/mol. The van der Waals surface area contributed by atoms with Gasteiger partial charge in [-0.3, -0.25) is 0 Å². The Morgan fingerprint density at radius 3 is 0.687 bits per heavy atom. The molecule has 0 heterocycles. The van der Waals surface area contributed by atoms with Gasteiger partial charge in [0.15, 0.2) is 0 Å². The van der Waals surface area contributed by atoms with Crippen molar-refractivity contribution in [3.8, 4) is 0 Å². The normalized spacial score (nSPS) is 10.8. The minimum absolute atomic E-state index is 0. The Kier molecular flexibility index (Phi) is 343. The number of aliphatic hydroxyl groups excluding tert-OH is 6. The van der Waals surface area contributed by atoms with E-state index in [1.165, 1.54) is 0 Å². The second kappa shape index (κ2) is 154. The lowest BCUT2D eigenvalue weighted by Gasteiger charge is -2.22. The fraction of sp³-hybridized carbons (Fsp3) is 1.00. The fourth-order valence-electron chi connectivity index (χ4n) is 3.90. The van der Waals surface area contributed by atoms with E-state index in [2.05, 4.69) is 14.0 Å². The minimum atomic E-state index is -0.504. The Bertz CT molecular complexity index is 720. The lowest BCUT2D eigenvalue weighted by Crippen LogP contribution is -2.32. The first-order valence-electron chi connectivity index (χ1n) is 20.6. The van der Waals surface area contributed by atoms with Gasteiger partial charge in [-0.15, -0.1) is 0 Å². The summed E-state index contributed by atoms with van der Waals surface area (Å²) in [6, 6.07) is 0. The van der Waals surface area contributed by atoms with E-state index < -0.39 is 18.3 Å². The van der Waals surface area contributed by atoms with Crippen LogP contribution in [0.5, 0.6) is 0 Å². The molecule has 0 saturated carbocycles. The molecule has 20 heteroatoms. The van der Waals surface area contributed by atoms with Crippen LogP contribution < -0.4 is 0 Å². The molecule has 0 aromatic carbocycles. The van der Waals surface area contributed by atoms with Gasteiger partial charge in [-0.1, -0.05) is 192 Å². The van der Waals surface area contributed by atoms with Crippen LogP contribution in [0.25, 0.3) is 0 Å². The van der Waals surface area contributed by atoms with Gasteiger partial charge in [-0.05, 0) is 51.0 Å². The SMILES string of the molecule is C.C.C.C.C.C.C.C.C.C.C.C.C.C.C.C.C.C.C.C.C.C.C.C.CC.CC(COCC(COCC(C)OCCO)OCC(C)OCCO)OCCO.CC(O)COCCOCC(COCCOCC(C)O)OCCOCC(C)O.COP. The molecule has 7 unspecified atom stereocenters. The minimum Gasteiger partial charge on any atom is -0.394 e. The number of hydrogen-bond acceptors (Lipinski definition) is 19. The van der Waals surface area contributed by atoms with Crippen molar-refractivity contribution >= 4 is 9.47 Å². The molecule has 0 saturated heterocycles. The zero-order valence-electron chi connectivity index (χ0n) is 37.7. The standard InChI is InChI=1S/2C18H38O9.C2H6.CH5OP.24CH4/c1-15(24-7-4-19)10-22-13-18(27-12-17(3)26-9-6-21)14-23-11-16(2)25-8-5-20;1-15(19)10-22-4-6-25-13-18(27-9-8-24-12-17(3)21)14-26-7-5-23-11-16(2)20;1-2;1-2-3;;;;;;;;;;;;;;;;;;;;;;;;/h2*15-21H,4-14H2,1-3H3;1-2H3;3H2,1H3;24*1H4.